The van der Waals surface area contributed by atoms with Crippen molar-refractivity contribution < 1.29 is 28.6 Å². The molecule has 0 radical (unpaired) electrons. The van der Waals surface area contributed by atoms with Crippen LogP contribution in [0, 0.1) is 11.3 Å². The molecule has 9 heteroatoms. The van der Waals surface area contributed by atoms with Crippen LogP contribution in [0.2, 0.25) is 0 Å². The first-order valence-corrected chi connectivity index (χ1v) is 10.8. The molecule has 0 atom stereocenters. The van der Waals surface area contributed by atoms with Gasteiger partial charge in [0, 0.05) is 10.9 Å². The van der Waals surface area contributed by atoms with Gasteiger partial charge in [0.25, 0.3) is 5.91 Å². The number of nitriles is 1. The minimum absolute atomic E-state index is 0.188. The third-order valence-electron chi connectivity index (χ3n) is 4.31. The molecular weight excluding hydrogens is 444 g/mol. The van der Waals surface area contributed by atoms with Gasteiger partial charge < -0.3 is 19.5 Å². The first kappa shape index (κ1) is 23.5. The van der Waals surface area contributed by atoms with Crippen molar-refractivity contribution in [1.82, 2.24) is 0 Å². The Hall–Kier alpha value is -4.16. The van der Waals surface area contributed by atoms with Gasteiger partial charge in [-0.15, -0.1) is 11.3 Å². The van der Waals surface area contributed by atoms with Gasteiger partial charge in [0.2, 0.25) is 0 Å². The van der Waals surface area contributed by atoms with Crippen LogP contribution >= 0.6 is 11.3 Å². The number of carbonyl (C=O) groups excluding carboxylic acids is 3. The number of rotatable bonds is 9. The summed E-state index contributed by atoms with van der Waals surface area (Å²) in [5.41, 5.74) is 2.16. The second-order valence-electron chi connectivity index (χ2n) is 6.57. The molecule has 8 nitrogen and oxygen atoms in total. The summed E-state index contributed by atoms with van der Waals surface area (Å²) in [5.74, 6) is -1.51. The van der Waals surface area contributed by atoms with Crippen LogP contribution in [0.3, 0.4) is 0 Å². The van der Waals surface area contributed by atoms with E-state index in [1.165, 1.54) is 11.3 Å². The van der Waals surface area contributed by atoms with Crippen LogP contribution in [0.25, 0.3) is 11.1 Å². The van der Waals surface area contributed by atoms with Crippen molar-refractivity contribution >= 4 is 34.2 Å². The highest BCUT2D eigenvalue weighted by Crippen LogP contribution is 2.36. The van der Waals surface area contributed by atoms with E-state index in [0.29, 0.717) is 21.9 Å². The van der Waals surface area contributed by atoms with Gasteiger partial charge in [-0.1, -0.05) is 30.3 Å². The summed E-state index contributed by atoms with van der Waals surface area (Å²) in [4.78, 5) is 36.8. The molecule has 2 aromatic carbocycles. The van der Waals surface area contributed by atoms with Crippen LogP contribution < -0.4 is 10.1 Å². The normalized spacial score (nSPS) is 10.1. The van der Waals surface area contributed by atoms with Crippen molar-refractivity contribution in [3.05, 3.63) is 71.1 Å². The van der Waals surface area contributed by atoms with Gasteiger partial charge in [-0.2, -0.15) is 5.26 Å². The van der Waals surface area contributed by atoms with E-state index in [0.717, 1.165) is 5.56 Å². The minimum Gasteiger partial charge on any atom is -0.482 e. The molecule has 0 unspecified atom stereocenters. The first-order valence-electron chi connectivity index (χ1n) is 9.94. The Morgan fingerprint density at radius 3 is 2.39 bits per heavy atom. The van der Waals surface area contributed by atoms with E-state index < -0.39 is 31.1 Å². The van der Waals surface area contributed by atoms with Gasteiger partial charge >= 0.3 is 11.9 Å². The molecule has 1 heterocycles. The molecule has 1 N–H and O–H groups in total. The largest absolute Gasteiger partial charge is 0.482 e. The fraction of sp³-hybridized carbons (Fsp3) is 0.167. The van der Waals surface area contributed by atoms with Crippen molar-refractivity contribution in [2.45, 2.75) is 6.92 Å². The highest BCUT2D eigenvalue weighted by molar-refractivity contribution is 7.15. The van der Waals surface area contributed by atoms with Gasteiger partial charge in [-0.25, -0.2) is 9.59 Å². The predicted molar refractivity (Wildman–Crippen MR) is 122 cm³/mol. The highest BCUT2D eigenvalue weighted by atomic mass is 32.1. The van der Waals surface area contributed by atoms with Gasteiger partial charge in [-0.05, 0) is 36.8 Å². The molecule has 168 valence electrons. The van der Waals surface area contributed by atoms with E-state index >= 15 is 0 Å². The molecule has 0 saturated carbocycles. The molecule has 33 heavy (non-hydrogen) atoms. The predicted octanol–water partition coefficient (Wildman–Crippen LogP) is 4.02. The quantitative estimate of drug-likeness (QED) is 0.476. The smallest absolute Gasteiger partial charge is 0.344 e. The molecule has 3 aromatic rings. The Labute approximate surface area is 194 Å². The summed E-state index contributed by atoms with van der Waals surface area (Å²) in [6, 6.07) is 17.5. The fourth-order valence-electron chi connectivity index (χ4n) is 2.80. The van der Waals surface area contributed by atoms with Gasteiger partial charge in [-0.3, -0.25) is 4.79 Å². The number of hydrogen-bond donors (Lipinski definition) is 1. The zero-order valence-electron chi connectivity index (χ0n) is 17.7. The van der Waals surface area contributed by atoms with Crippen LogP contribution in [0.1, 0.15) is 22.8 Å². The molecule has 0 bridgehead atoms. The molecule has 0 spiro atoms. The topological polar surface area (TPSA) is 115 Å². The number of anilines is 1. The number of amides is 1. The van der Waals surface area contributed by atoms with Crippen LogP contribution in [0.15, 0.2) is 60.0 Å². The summed E-state index contributed by atoms with van der Waals surface area (Å²) >= 11 is 1.18. The zero-order chi connectivity index (χ0) is 23.6. The number of carbonyl (C=O) groups is 3. The maximum absolute atomic E-state index is 12.5. The van der Waals surface area contributed by atoms with Crippen molar-refractivity contribution in [3.63, 3.8) is 0 Å². The molecule has 0 aliphatic heterocycles. The van der Waals surface area contributed by atoms with Gasteiger partial charge in [0.05, 0.1) is 18.2 Å². The number of nitrogens with one attached hydrogen (secondary N) is 1. The van der Waals surface area contributed by atoms with E-state index in [9.17, 15) is 14.4 Å². The third-order valence-corrected chi connectivity index (χ3v) is 5.21. The number of esters is 2. The van der Waals surface area contributed by atoms with E-state index in [-0.39, 0.29) is 12.2 Å². The Bertz CT molecular complexity index is 1170. The molecule has 0 fully saturated rings. The average Bonchev–Trinajstić information content (AvgIpc) is 3.26. The Morgan fingerprint density at radius 2 is 1.73 bits per heavy atom. The lowest BCUT2D eigenvalue weighted by atomic mass is 10.0. The van der Waals surface area contributed by atoms with E-state index in [4.69, 9.17) is 19.5 Å². The summed E-state index contributed by atoms with van der Waals surface area (Å²) in [7, 11) is 0. The van der Waals surface area contributed by atoms with Crippen molar-refractivity contribution in [1.29, 1.82) is 5.26 Å². The standard InChI is InChI=1S/C24H20N2O6S/c1-2-30-24(29)22-19(17-6-4-3-5-7-17)15-33-23(22)26-20(27)13-32-21(28)14-31-18-10-8-16(12-25)9-11-18/h3-11,15H,2,13-14H2,1H3,(H,26,27). The van der Waals surface area contributed by atoms with E-state index in [2.05, 4.69) is 5.32 Å². The number of ether oxygens (including phenoxy) is 3. The number of nitrogens with zero attached hydrogens (tertiary/aromatic N) is 1. The number of thiophene rings is 1. The zero-order valence-corrected chi connectivity index (χ0v) is 18.5. The lowest BCUT2D eigenvalue weighted by Gasteiger charge is -2.09. The molecule has 0 aliphatic carbocycles. The summed E-state index contributed by atoms with van der Waals surface area (Å²) < 4.78 is 15.4. The maximum atomic E-state index is 12.5. The molecule has 1 amide bonds. The minimum atomic E-state index is -0.740. The third kappa shape index (κ3) is 6.41. The lowest BCUT2D eigenvalue weighted by molar-refractivity contribution is -0.149. The van der Waals surface area contributed by atoms with Crippen molar-refractivity contribution in [3.8, 4) is 22.9 Å². The fourth-order valence-corrected chi connectivity index (χ4v) is 3.78. The van der Waals surface area contributed by atoms with Crippen molar-refractivity contribution in [2.75, 3.05) is 25.1 Å². The van der Waals surface area contributed by atoms with Crippen LogP contribution in [-0.4, -0.2) is 37.7 Å². The molecule has 0 aliphatic rings. The maximum Gasteiger partial charge on any atom is 0.344 e. The lowest BCUT2D eigenvalue weighted by Crippen LogP contribution is -2.24. The molecule has 1 aromatic heterocycles. The Kier molecular flexibility index (Phi) is 8.16. The molecule has 3 rings (SSSR count). The second-order valence-corrected chi connectivity index (χ2v) is 7.45. The van der Waals surface area contributed by atoms with Gasteiger partial charge in [0.1, 0.15) is 16.3 Å². The van der Waals surface area contributed by atoms with Crippen LogP contribution in [0.5, 0.6) is 5.75 Å². The SMILES string of the molecule is CCOC(=O)c1c(-c2ccccc2)csc1NC(=O)COC(=O)COc1ccc(C#N)cc1. The summed E-state index contributed by atoms with van der Waals surface area (Å²) in [5, 5.41) is 13.5. The van der Waals surface area contributed by atoms with E-state index in [1.807, 2.05) is 36.4 Å². The average molecular weight is 464 g/mol. The highest BCUT2D eigenvalue weighted by Gasteiger charge is 2.23. The monoisotopic (exact) mass is 464 g/mol. The van der Waals surface area contributed by atoms with E-state index in [1.54, 1.807) is 36.6 Å². The first-order chi connectivity index (χ1) is 16.0. The van der Waals surface area contributed by atoms with Crippen LogP contribution in [0.4, 0.5) is 5.00 Å². The number of hydrogen-bond acceptors (Lipinski definition) is 8. The summed E-state index contributed by atoms with van der Waals surface area (Å²) in [6.45, 7) is 0.943. The molecule has 0 saturated heterocycles. The summed E-state index contributed by atoms with van der Waals surface area (Å²) in [6.07, 6.45) is 0. The second kappa shape index (κ2) is 11.5. The molecular formula is C24H20N2O6S. The number of benzene rings is 2. The Balaban J connectivity index is 1.59. The Morgan fingerprint density at radius 1 is 1.00 bits per heavy atom. The van der Waals surface area contributed by atoms with Crippen molar-refractivity contribution in [2.24, 2.45) is 0 Å². The van der Waals surface area contributed by atoms with Gasteiger partial charge in [0.15, 0.2) is 13.2 Å². The van der Waals surface area contributed by atoms with Crippen LogP contribution in [-0.2, 0) is 19.1 Å².